The van der Waals surface area contributed by atoms with Crippen molar-refractivity contribution in [2.45, 2.75) is 11.5 Å². The molecule has 1 unspecified atom stereocenters. The summed E-state index contributed by atoms with van der Waals surface area (Å²) in [5.74, 6) is 0. The lowest BCUT2D eigenvalue weighted by Crippen LogP contribution is -2.36. The molecular weight excluding hydrogens is 679 g/mol. The van der Waals surface area contributed by atoms with Crippen molar-refractivity contribution in [1.82, 2.24) is 5.32 Å². The summed E-state index contributed by atoms with van der Waals surface area (Å²) in [4.78, 5) is 7.73. The van der Waals surface area contributed by atoms with Crippen molar-refractivity contribution in [1.29, 1.82) is 0 Å². The zero-order valence-electron chi connectivity index (χ0n) is 30.7. The molecule has 1 aliphatic carbocycles. The van der Waals surface area contributed by atoms with Crippen molar-refractivity contribution in [3.05, 3.63) is 251 Å². The van der Waals surface area contributed by atoms with Crippen molar-refractivity contribution in [2.75, 3.05) is 4.90 Å². The van der Waals surface area contributed by atoms with Crippen molar-refractivity contribution in [3.63, 3.8) is 0 Å². The van der Waals surface area contributed by atoms with Gasteiger partial charge in [-0.15, -0.1) is 0 Å². The fourth-order valence-corrected chi connectivity index (χ4v) is 9.36. The summed E-state index contributed by atoms with van der Waals surface area (Å²) in [6, 6.07) is 74.7. The van der Waals surface area contributed by atoms with Crippen LogP contribution < -0.4 is 10.2 Å². The number of para-hydroxylation sites is 3. The SMILES string of the molecule is C1=C(c2ccccc2)N=C(c2ccccc2)C(c2cccc(-c3ccc4c(c3)C3(c5ccccc5-4)c4ccccc4N(c4ccccc4)c4ccccc43)c2)N1. The summed E-state index contributed by atoms with van der Waals surface area (Å²) in [5, 5.41) is 3.75. The number of aliphatic imine (C=N–C) groups is 1. The Bertz CT molecular complexity index is 2790. The Morgan fingerprint density at radius 1 is 0.429 bits per heavy atom. The second-order valence-corrected chi connectivity index (χ2v) is 14.7. The van der Waals surface area contributed by atoms with E-state index in [4.69, 9.17) is 4.99 Å². The fourth-order valence-electron chi connectivity index (χ4n) is 9.36. The van der Waals surface area contributed by atoms with Crippen LogP contribution in [0.2, 0.25) is 0 Å². The maximum absolute atomic E-state index is 5.29. The minimum atomic E-state index is -0.505. The summed E-state index contributed by atoms with van der Waals surface area (Å²) in [5.41, 5.74) is 18.5. The lowest BCUT2D eigenvalue weighted by atomic mass is 9.64. The maximum atomic E-state index is 5.29. The first-order chi connectivity index (χ1) is 27.8. The standard InChI is InChI=1S/C53H37N3/c1-4-17-36(18-5-1)48-35-54-51(52(55-48)37-19-6-2-7-20-37)40-22-16-21-38(33-40)39-31-32-43-42-25-10-11-26-44(42)53(47(43)34-39)45-27-12-14-29-49(45)56(41-23-8-3-9-24-41)50-30-15-13-28-46(50)53/h1-35,51,54H. The fraction of sp³-hybridized carbons (Fsp3) is 0.0377. The van der Waals surface area contributed by atoms with Crippen LogP contribution >= 0.6 is 0 Å². The van der Waals surface area contributed by atoms with Gasteiger partial charge in [0.05, 0.1) is 34.2 Å². The smallest absolute Gasteiger partial charge is 0.0942 e. The molecule has 1 spiro atoms. The monoisotopic (exact) mass is 715 g/mol. The number of benzene rings is 8. The van der Waals surface area contributed by atoms with Crippen LogP contribution in [0.25, 0.3) is 28.0 Å². The Kier molecular flexibility index (Phi) is 7.46. The molecule has 3 heteroatoms. The molecule has 264 valence electrons. The van der Waals surface area contributed by atoms with Gasteiger partial charge in [0, 0.05) is 17.5 Å². The molecule has 3 aliphatic rings. The zero-order chi connectivity index (χ0) is 37.1. The van der Waals surface area contributed by atoms with E-state index >= 15 is 0 Å². The first-order valence-electron chi connectivity index (χ1n) is 19.3. The summed E-state index contributed by atoms with van der Waals surface area (Å²) in [6.07, 6.45) is 2.06. The van der Waals surface area contributed by atoms with Crippen LogP contribution in [-0.2, 0) is 5.41 Å². The van der Waals surface area contributed by atoms with Crippen LogP contribution in [0, 0.1) is 0 Å². The second kappa shape index (κ2) is 13.0. The molecular formula is C53H37N3. The van der Waals surface area contributed by atoms with Crippen LogP contribution in [0.1, 0.15) is 45.0 Å². The quantitative estimate of drug-likeness (QED) is 0.192. The van der Waals surface area contributed by atoms with Crippen LogP contribution in [0.5, 0.6) is 0 Å². The van der Waals surface area contributed by atoms with Crippen molar-refractivity contribution in [2.24, 2.45) is 4.99 Å². The molecule has 56 heavy (non-hydrogen) atoms. The van der Waals surface area contributed by atoms with Crippen LogP contribution in [0.15, 0.2) is 217 Å². The maximum Gasteiger partial charge on any atom is 0.0942 e. The molecule has 1 N–H and O–H groups in total. The van der Waals surface area contributed by atoms with Gasteiger partial charge < -0.3 is 10.2 Å². The minimum absolute atomic E-state index is 0.115. The van der Waals surface area contributed by atoms with E-state index in [2.05, 4.69) is 217 Å². The highest BCUT2D eigenvalue weighted by atomic mass is 15.2. The first kappa shape index (κ1) is 32.2. The van der Waals surface area contributed by atoms with Crippen molar-refractivity contribution < 1.29 is 0 Å². The Morgan fingerprint density at radius 2 is 0.982 bits per heavy atom. The van der Waals surface area contributed by atoms with E-state index in [1.54, 1.807) is 0 Å². The van der Waals surface area contributed by atoms with Gasteiger partial charge in [0.25, 0.3) is 0 Å². The van der Waals surface area contributed by atoms with E-state index in [1.807, 2.05) is 6.07 Å². The van der Waals surface area contributed by atoms with Gasteiger partial charge in [-0.3, -0.25) is 0 Å². The molecule has 0 saturated carbocycles. The third kappa shape index (κ3) is 4.87. The predicted molar refractivity (Wildman–Crippen MR) is 231 cm³/mol. The molecule has 0 saturated heterocycles. The molecule has 1 atom stereocenters. The minimum Gasteiger partial charge on any atom is -0.377 e. The zero-order valence-corrected chi connectivity index (χ0v) is 30.7. The third-order valence-electron chi connectivity index (χ3n) is 11.8. The molecule has 0 radical (unpaired) electrons. The highest BCUT2D eigenvalue weighted by molar-refractivity contribution is 6.08. The Morgan fingerprint density at radius 3 is 1.70 bits per heavy atom. The van der Waals surface area contributed by atoms with E-state index in [-0.39, 0.29) is 6.04 Å². The largest absolute Gasteiger partial charge is 0.377 e. The molecule has 3 nitrogen and oxygen atoms in total. The number of fused-ring (bicyclic) bond motifs is 9. The average molecular weight is 716 g/mol. The van der Waals surface area contributed by atoms with Crippen LogP contribution in [0.3, 0.4) is 0 Å². The van der Waals surface area contributed by atoms with Crippen LogP contribution in [-0.4, -0.2) is 5.71 Å². The lowest BCUT2D eigenvalue weighted by Gasteiger charge is -2.45. The number of hydrogen-bond donors (Lipinski definition) is 1. The number of hydrogen-bond acceptors (Lipinski definition) is 3. The van der Waals surface area contributed by atoms with Crippen molar-refractivity contribution >= 4 is 28.5 Å². The third-order valence-corrected chi connectivity index (χ3v) is 11.8. The van der Waals surface area contributed by atoms with Crippen LogP contribution in [0.4, 0.5) is 17.1 Å². The van der Waals surface area contributed by atoms with Gasteiger partial charge in [0.2, 0.25) is 0 Å². The first-order valence-corrected chi connectivity index (χ1v) is 19.3. The average Bonchev–Trinajstić information content (AvgIpc) is 3.57. The van der Waals surface area contributed by atoms with E-state index in [1.165, 1.54) is 61.4 Å². The molecule has 8 aromatic carbocycles. The Hall–Kier alpha value is -7.23. The van der Waals surface area contributed by atoms with Gasteiger partial charge in [-0.2, -0.15) is 0 Å². The van der Waals surface area contributed by atoms with Gasteiger partial charge in [-0.05, 0) is 92.0 Å². The van der Waals surface area contributed by atoms with Gasteiger partial charge >= 0.3 is 0 Å². The summed E-state index contributed by atoms with van der Waals surface area (Å²) >= 11 is 0. The highest BCUT2D eigenvalue weighted by Crippen LogP contribution is 2.63. The summed E-state index contributed by atoms with van der Waals surface area (Å²) in [6.45, 7) is 0. The van der Waals surface area contributed by atoms with Gasteiger partial charge in [-0.25, -0.2) is 4.99 Å². The second-order valence-electron chi connectivity index (χ2n) is 14.7. The number of anilines is 3. The molecule has 0 bridgehead atoms. The molecule has 11 rings (SSSR count). The number of nitrogens with one attached hydrogen (secondary N) is 1. The van der Waals surface area contributed by atoms with E-state index in [0.29, 0.717) is 0 Å². The van der Waals surface area contributed by atoms with Crippen molar-refractivity contribution in [3.8, 4) is 22.3 Å². The summed E-state index contributed by atoms with van der Waals surface area (Å²) < 4.78 is 0. The molecule has 0 aromatic heterocycles. The predicted octanol–water partition coefficient (Wildman–Crippen LogP) is 12.6. The number of rotatable bonds is 5. The molecule has 2 heterocycles. The number of nitrogens with zero attached hydrogens (tertiary/aromatic N) is 2. The Labute approximate surface area is 327 Å². The lowest BCUT2D eigenvalue weighted by molar-refractivity contribution is 0.753. The summed E-state index contributed by atoms with van der Waals surface area (Å²) in [7, 11) is 0. The molecule has 8 aromatic rings. The Balaban J connectivity index is 1.08. The topological polar surface area (TPSA) is 27.6 Å². The van der Waals surface area contributed by atoms with E-state index < -0.39 is 5.41 Å². The van der Waals surface area contributed by atoms with Gasteiger partial charge in [-0.1, -0.05) is 170 Å². The van der Waals surface area contributed by atoms with E-state index in [0.717, 1.165) is 28.2 Å². The molecule has 2 aliphatic heterocycles. The molecule has 0 amide bonds. The van der Waals surface area contributed by atoms with E-state index in [9.17, 15) is 0 Å². The highest BCUT2D eigenvalue weighted by Gasteiger charge is 2.51. The van der Waals surface area contributed by atoms with Gasteiger partial charge in [0.1, 0.15) is 0 Å². The van der Waals surface area contributed by atoms with Gasteiger partial charge in [0.15, 0.2) is 0 Å². The molecule has 0 fully saturated rings. The normalized spacial score (nSPS) is 15.8.